The highest BCUT2D eigenvalue weighted by molar-refractivity contribution is 7.99. The van der Waals surface area contributed by atoms with Crippen LogP contribution in [0.3, 0.4) is 0 Å². The topological polar surface area (TPSA) is 47.6 Å². The molecule has 0 aliphatic rings. The molecule has 0 aromatic heterocycles. The number of nitrogens with zero attached hydrogens (tertiary/aromatic N) is 2. The summed E-state index contributed by atoms with van der Waals surface area (Å²) in [5.41, 5.74) is 2.18. The average Bonchev–Trinajstić information content (AvgIpc) is 2.59. The SMILES string of the molecule is CCCCC(Sc1ccc(Cl)cc1)c1cc(C#N)ccc1C#N. The Bertz CT molecular complexity index is 741. The lowest BCUT2D eigenvalue weighted by atomic mass is 9.99. The zero-order valence-electron chi connectivity index (χ0n) is 12.9. The number of halogens is 1. The zero-order valence-corrected chi connectivity index (χ0v) is 14.5. The van der Waals surface area contributed by atoms with Crippen LogP contribution in [0.2, 0.25) is 5.02 Å². The molecule has 116 valence electrons. The van der Waals surface area contributed by atoms with Crippen LogP contribution in [-0.4, -0.2) is 0 Å². The quantitative estimate of drug-likeness (QED) is 0.596. The fourth-order valence-corrected chi connectivity index (χ4v) is 3.70. The summed E-state index contributed by atoms with van der Waals surface area (Å²) in [4.78, 5) is 1.11. The molecule has 0 amide bonds. The third-order valence-corrected chi connectivity index (χ3v) is 5.13. The molecule has 2 aromatic rings. The van der Waals surface area contributed by atoms with Gasteiger partial charge < -0.3 is 0 Å². The fourth-order valence-electron chi connectivity index (χ4n) is 2.35. The maximum Gasteiger partial charge on any atom is 0.0994 e. The Kier molecular flexibility index (Phi) is 6.53. The van der Waals surface area contributed by atoms with Gasteiger partial charge in [-0.1, -0.05) is 31.4 Å². The van der Waals surface area contributed by atoms with E-state index >= 15 is 0 Å². The van der Waals surface area contributed by atoms with Gasteiger partial charge >= 0.3 is 0 Å². The maximum atomic E-state index is 9.40. The molecule has 0 aliphatic carbocycles. The first-order valence-electron chi connectivity index (χ1n) is 7.54. The lowest BCUT2D eigenvalue weighted by molar-refractivity contribution is 0.705. The van der Waals surface area contributed by atoms with Gasteiger partial charge in [-0.05, 0) is 54.4 Å². The van der Waals surface area contributed by atoms with E-state index in [0.717, 1.165) is 29.7 Å². The summed E-state index contributed by atoms with van der Waals surface area (Å²) >= 11 is 7.67. The van der Waals surface area contributed by atoms with Gasteiger partial charge in [0.1, 0.15) is 0 Å². The van der Waals surface area contributed by atoms with Crippen molar-refractivity contribution in [3.8, 4) is 12.1 Å². The van der Waals surface area contributed by atoms with Crippen LogP contribution in [0.25, 0.3) is 0 Å². The molecular formula is C19H17ClN2S. The van der Waals surface area contributed by atoms with E-state index in [4.69, 9.17) is 16.9 Å². The van der Waals surface area contributed by atoms with Crippen molar-refractivity contribution in [2.75, 3.05) is 0 Å². The van der Waals surface area contributed by atoms with Gasteiger partial charge in [-0.15, -0.1) is 11.8 Å². The molecule has 0 heterocycles. The van der Waals surface area contributed by atoms with Crippen LogP contribution < -0.4 is 0 Å². The fraction of sp³-hybridized carbons (Fsp3) is 0.263. The Morgan fingerprint density at radius 2 is 1.83 bits per heavy atom. The van der Waals surface area contributed by atoms with Crippen LogP contribution in [-0.2, 0) is 0 Å². The number of unbranched alkanes of at least 4 members (excludes halogenated alkanes) is 1. The van der Waals surface area contributed by atoms with E-state index in [1.165, 1.54) is 0 Å². The van der Waals surface area contributed by atoms with Crippen molar-refractivity contribution < 1.29 is 0 Å². The molecule has 1 atom stereocenters. The van der Waals surface area contributed by atoms with Crippen LogP contribution in [0.5, 0.6) is 0 Å². The maximum absolute atomic E-state index is 9.40. The molecule has 0 fully saturated rings. The highest BCUT2D eigenvalue weighted by Crippen LogP contribution is 2.40. The van der Waals surface area contributed by atoms with E-state index in [0.29, 0.717) is 16.1 Å². The van der Waals surface area contributed by atoms with Crippen molar-refractivity contribution in [1.29, 1.82) is 10.5 Å². The smallest absolute Gasteiger partial charge is 0.0994 e. The number of benzene rings is 2. The molecule has 1 unspecified atom stereocenters. The predicted molar refractivity (Wildman–Crippen MR) is 95.4 cm³/mol. The van der Waals surface area contributed by atoms with Gasteiger partial charge in [0, 0.05) is 15.2 Å². The average molecular weight is 341 g/mol. The van der Waals surface area contributed by atoms with Crippen LogP contribution in [0, 0.1) is 22.7 Å². The highest BCUT2D eigenvalue weighted by Gasteiger charge is 2.17. The van der Waals surface area contributed by atoms with Crippen molar-refractivity contribution in [2.24, 2.45) is 0 Å². The summed E-state index contributed by atoms with van der Waals surface area (Å²) < 4.78 is 0. The Morgan fingerprint density at radius 3 is 2.43 bits per heavy atom. The Balaban J connectivity index is 2.36. The second-order valence-electron chi connectivity index (χ2n) is 5.23. The van der Waals surface area contributed by atoms with Crippen LogP contribution >= 0.6 is 23.4 Å². The van der Waals surface area contributed by atoms with E-state index in [2.05, 4.69) is 19.1 Å². The minimum Gasteiger partial charge on any atom is -0.192 e. The Morgan fingerprint density at radius 1 is 1.09 bits per heavy atom. The van der Waals surface area contributed by atoms with Crippen molar-refractivity contribution in [1.82, 2.24) is 0 Å². The Labute approximate surface area is 146 Å². The molecule has 4 heteroatoms. The molecule has 0 spiro atoms. The number of rotatable bonds is 6. The third kappa shape index (κ3) is 4.76. The first kappa shape index (κ1) is 17.4. The van der Waals surface area contributed by atoms with Gasteiger partial charge in [0.2, 0.25) is 0 Å². The van der Waals surface area contributed by atoms with Gasteiger partial charge in [0.15, 0.2) is 0 Å². The molecule has 0 saturated carbocycles. The van der Waals surface area contributed by atoms with Gasteiger partial charge in [-0.3, -0.25) is 0 Å². The first-order chi connectivity index (χ1) is 11.2. The summed E-state index contributed by atoms with van der Waals surface area (Å²) in [5, 5.41) is 19.4. The van der Waals surface area contributed by atoms with Crippen molar-refractivity contribution in [3.63, 3.8) is 0 Å². The molecule has 23 heavy (non-hydrogen) atoms. The monoisotopic (exact) mass is 340 g/mol. The summed E-state index contributed by atoms with van der Waals surface area (Å²) in [6.45, 7) is 2.15. The summed E-state index contributed by atoms with van der Waals surface area (Å²) in [5.74, 6) is 0. The number of hydrogen-bond donors (Lipinski definition) is 0. The lowest BCUT2D eigenvalue weighted by Crippen LogP contribution is -1.99. The first-order valence-corrected chi connectivity index (χ1v) is 8.80. The normalized spacial score (nSPS) is 11.5. The molecule has 0 N–H and O–H groups in total. The van der Waals surface area contributed by atoms with Crippen LogP contribution in [0.4, 0.5) is 0 Å². The zero-order chi connectivity index (χ0) is 16.7. The molecule has 2 nitrogen and oxygen atoms in total. The van der Waals surface area contributed by atoms with E-state index in [1.807, 2.05) is 30.3 Å². The molecular weight excluding hydrogens is 324 g/mol. The minimum absolute atomic E-state index is 0.152. The highest BCUT2D eigenvalue weighted by atomic mass is 35.5. The van der Waals surface area contributed by atoms with E-state index in [9.17, 15) is 5.26 Å². The van der Waals surface area contributed by atoms with Gasteiger partial charge in [0.05, 0.1) is 23.3 Å². The van der Waals surface area contributed by atoms with Gasteiger partial charge in [0.25, 0.3) is 0 Å². The second kappa shape index (κ2) is 8.63. The van der Waals surface area contributed by atoms with E-state index in [1.54, 1.807) is 23.9 Å². The predicted octanol–water partition coefficient (Wildman–Crippen LogP) is 6.11. The third-order valence-electron chi connectivity index (χ3n) is 3.56. The van der Waals surface area contributed by atoms with Crippen LogP contribution in [0.15, 0.2) is 47.4 Å². The van der Waals surface area contributed by atoms with E-state index in [-0.39, 0.29) is 5.25 Å². The van der Waals surface area contributed by atoms with E-state index < -0.39 is 0 Å². The second-order valence-corrected chi connectivity index (χ2v) is 6.94. The molecule has 0 bridgehead atoms. The lowest BCUT2D eigenvalue weighted by Gasteiger charge is -2.18. The molecule has 0 radical (unpaired) electrons. The number of nitriles is 2. The number of thioether (sulfide) groups is 1. The largest absolute Gasteiger partial charge is 0.192 e. The minimum atomic E-state index is 0.152. The summed E-state index contributed by atoms with van der Waals surface area (Å²) in [6.07, 6.45) is 3.14. The van der Waals surface area contributed by atoms with Crippen molar-refractivity contribution in [2.45, 2.75) is 36.3 Å². The summed E-state index contributed by atoms with van der Waals surface area (Å²) in [6, 6.07) is 17.4. The summed E-state index contributed by atoms with van der Waals surface area (Å²) in [7, 11) is 0. The van der Waals surface area contributed by atoms with Gasteiger partial charge in [-0.2, -0.15) is 10.5 Å². The van der Waals surface area contributed by atoms with Crippen molar-refractivity contribution in [3.05, 3.63) is 64.2 Å². The molecule has 0 aliphatic heterocycles. The van der Waals surface area contributed by atoms with Crippen LogP contribution in [0.1, 0.15) is 48.1 Å². The van der Waals surface area contributed by atoms with Gasteiger partial charge in [-0.25, -0.2) is 0 Å². The number of hydrogen-bond acceptors (Lipinski definition) is 3. The molecule has 2 aromatic carbocycles. The Hall–Kier alpha value is -1.94. The standard InChI is InChI=1S/C19H17ClN2S/c1-2-3-4-19(23-17-9-7-16(20)8-10-17)18-11-14(12-21)5-6-15(18)13-22/h5-11,19H,2-4H2,1H3. The molecule has 0 saturated heterocycles. The molecule has 2 rings (SSSR count). The van der Waals surface area contributed by atoms with Crippen molar-refractivity contribution >= 4 is 23.4 Å².